The molecular weight excluding hydrogens is 417 g/mol. The molecular formula is C23H30FN3O3S. The summed E-state index contributed by atoms with van der Waals surface area (Å²) in [5.41, 5.74) is 3.36. The van der Waals surface area contributed by atoms with Gasteiger partial charge in [0.2, 0.25) is 0 Å². The quantitative estimate of drug-likeness (QED) is 0.713. The Labute approximate surface area is 187 Å². The van der Waals surface area contributed by atoms with E-state index in [-0.39, 0.29) is 23.8 Å². The van der Waals surface area contributed by atoms with Crippen molar-refractivity contribution in [2.45, 2.75) is 50.8 Å². The second-order valence-electron chi connectivity index (χ2n) is 8.23. The van der Waals surface area contributed by atoms with Gasteiger partial charge in [-0.3, -0.25) is 9.69 Å². The lowest BCUT2D eigenvalue weighted by molar-refractivity contribution is -0.0156. The second kappa shape index (κ2) is 10.5. The summed E-state index contributed by atoms with van der Waals surface area (Å²) in [6.07, 6.45) is 4.83. The normalized spacial score (nSPS) is 23.7. The lowest BCUT2D eigenvalue weighted by atomic mass is 9.93. The largest absolute Gasteiger partial charge is 0.489 e. The maximum atomic E-state index is 14.4. The van der Waals surface area contributed by atoms with E-state index >= 15 is 0 Å². The molecule has 0 N–H and O–H groups in total. The topological polar surface area (TPSA) is 54.9 Å². The van der Waals surface area contributed by atoms with E-state index in [4.69, 9.17) is 9.47 Å². The lowest BCUT2D eigenvalue weighted by Crippen LogP contribution is -2.51. The van der Waals surface area contributed by atoms with Gasteiger partial charge < -0.3 is 14.4 Å². The Morgan fingerprint density at radius 1 is 1.23 bits per heavy atom. The van der Waals surface area contributed by atoms with Crippen LogP contribution in [0.5, 0.6) is 5.75 Å². The zero-order valence-electron chi connectivity index (χ0n) is 18.0. The molecule has 1 aromatic carbocycles. The van der Waals surface area contributed by atoms with Crippen LogP contribution in [0.2, 0.25) is 0 Å². The Morgan fingerprint density at radius 2 is 2.13 bits per heavy atom. The molecule has 4 rings (SSSR count). The number of thiazole rings is 1. The van der Waals surface area contributed by atoms with Gasteiger partial charge in [-0.25, -0.2) is 9.37 Å². The van der Waals surface area contributed by atoms with E-state index in [1.54, 1.807) is 30.6 Å². The molecule has 31 heavy (non-hydrogen) atoms. The molecule has 168 valence electrons. The average molecular weight is 448 g/mol. The first-order chi connectivity index (χ1) is 15.2. The van der Waals surface area contributed by atoms with E-state index < -0.39 is 5.82 Å². The van der Waals surface area contributed by atoms with Crippen molar-refractivity contribution in [3.63, 3.8) is 0 Å². The van der Waals surface area contributed by atoms with Gasteiger partial charge in [-0.2, -0.15) is 0 Å². The Balaban J connectivity index is 1.57. The molecule has 1 fully saturated rings. The van der Waals surface area contributed by atoms with Crippen LogP contribution in [0.4, 0.5) is 4.39 Å². The maximum Gasteiger partial charge on any atom is 0.254 e. The van der Waals surface area contributed by atoms with Gasteiger partial charge in [0.05, 0.1) is 23.4 Å². The predicted octanol–water partition coefficient (Wildman–Crippen LogP) is 3.97. The van der Waals surface area contributed by atoms with Gasteiger partial charge in [0.15, 0.2) is 11.6 Å². The van der Waals surface area contributed by atoms with Crippen LogP contribution in [-0.2, 0) is 11.3 Å². The van der Waals surface area contributed by atoms with Crippen LogP contribution in [0.3, 0.4) is 0 Å². The summed E-state index contributed by atoms with van der Waals surface area (Å²) < 4.78 is 25.9. The molecule has 2 atom stereocenters. The first-order valence-electron chi connectivity index (χ1n) is 11.0. The maximum absolute atomic E-state index is 14.4. The van der Waals surface area contributed by atoms with Crippen molar-refractivity contribution in [1.29, 1.82) is 0 Å². The van der Waals surface area contributed by atoms with Crippen molar-refractivity contribution in [3.05, 3.63) is 46.2 Å². The van der Waals surface area contributed by atoms with Crippen molar-refractivity contribution in [2.24, 2.45) is 0 Å². The zero-order chi connectivity index (χ0) is 21.6. The Bertz CT molecular complexity index is 864. The molecule has 6 nitrogen and oxygen atoms in total. The van der Waals surface area contributed by atoms with E-state index in [0.717, 1.165) is 50.9 Å². The van der Waals surface area contributed by atoms with Crippen LogP contribution in [0, 0.1) is 5.82 Å². The van der Waals surface area contributed by atoms with E-state index in [1.165, 1.54) is 6.07 Å². The first kappa shape index (κ1) is 22.2. The first-order valence-corrected chi connectivity index (χ1v) is 12.0. The highest BCUT2D eigenvalue weighted by atomic mass is 32.1. The molecule has 2 bridgehead atoms. The smallest absolute Gasteiger partial charge is 0.254 e. The fourth-order valence-electron chi connectivity index (χ4n) is 4.59. The SMILES string of the molecule is CO[C@@H]1CCCN2C(=O)c3ccc(F)c(c3)OCCN(Cc3cscn3)CCCC[C@H]12. The average Bonchev–Trinajstić information content (AvgIpc) is 3.29. The van der Waals surface area contributed by atoms with Gasteiger partial charge in [-0.15, -0.1) is 11.3 Å². The number of methoxy groups -OCH3 is 1. The number of amides is 1. The highest BCUT2D eigenvalue weighted by Crippen LogP contribution is 2.28. The molecule has 0 saturated carbocycles. The van der Waals surface area contributed by atoms with Gasteiger partial charge in [0, 0.05) is 37.7 Å². The van der Waals surface area contributed by atoms with Crippen molar-refractivity contribution in [1.82, 2.24) is 14.8 Å². The van der Waals surface area contributed by atoms with Gasteiger partial charge in [0.25, 0.3) is 5.91 Å². The van der Waals surface area contributed by atoms with E-state index in [0.29, 0.717) is 25.3 Å². The third kappa shape index (κ3) is 5.42. The van der Waals surface area contributed by atoms with Crippen LogP contribution in [0.15, 0.2) is 29.1 Å². The molecule has 2 aliphatic rings. The number of halogens is 1. The standard InChI is InChI=1S/C23H30FN3O3S/c1-29-21-6-4-10-27-20(21)5-2-3-9-26(14-18-15-31-16-25-18)11-12-30-22-13-17(23(27)28)7-8-19(22)24/h7-8,13,15-16,20-21H,2-6,9-12,14H2,1H3/t20-,21-/m1/s1. The summed E-state index contributed by atoms with van der Waals surface area (Å²) in [5, 5.41) is 2.06. The van der Waals surface area contributed by atoms with E-state index in [9.17, 15) is 9.18 Å². The molecule has 0 spiro atoms. The fraction of sp³-hybridized carbons (Fsp3) is 0.565. The third-order valence-corrected chi connectivity index (χ3v) is 6.85. The Hall–Kier alpha value is -2.03. The van der Waals surface area contributed by atoms with Crippen molar-refractivity contribution >= 4 is 17.2 Å². The lowest BCUT2D eigenvalue weighted by Gasteiger charge is -2.41. The minimum absolute atomic E-state index is 0.0351. The van der Waals surface area contributed by atoms with E-state index in [2.05, 4.69) is 15.3 Å². The van der Waals surface area contributed by atoms with Crippen molar-refractivity contribution in [3.8, 4) is 5.75 Å². The molecule has 2 aliphatic heterocycles. The molecule has 1 amide bonds. The second-order valence-corrected chi connectivity index (χ2v) is 8.95. The summed E-state index contributed by atoms with van der Waals surface area (Å²) in [7, 11) is 1.73. The number of carbonyl (C=O) groups is 1. The van der Waals surface area contributed by atoms with E-state index in [1.807, 2.05) is 10.4 Å². The van der Waals surface area contributed by atoms with Crippen LogP contribution in [-0.4, -0.2) is 66.2 Å². The monoisotopic (exact) mass is 447 g/mol. The number of piperidine rings is 1. The predicted molar refractivity (Wildman–Crippen MR) is 118 cm³/mol. The number of benzene rings is 1. The summed E-state index contributed by atoms with van der Waals surface area (Å²) >= 11 is 1.59. The molecule has 1 aromatic heterocycles. The number of carbonyl (C=O) groups excluding carboxylic acids is 1. The van der Waals surface area contributed by atoms with Crippen LogP contribution in [0.25, 0.3) is 0 Å². The van der Waals surface area contributed by atoms with Gasteiger partial charge in [0.1, 0.15) is 6.61 Å². The fourth-order valence-corrected chi connectivity index (χ4v) is 5.14. The van der Waals surface area contributed by atoms with Crippen LogP contribution < -0.4 is 4.74 Å². The minimum atomic E-state index is -0.445. The summed E-state index contributed by atoms with van der Waals surface area (Å²) in [5.74, 6) is -0.383. The molecule has 2 aromatic rings. The number of rotatable bonds is 3. The number of hydrogen-bond donors (Lipinski definition) is 0. The number of aromatic nitrogens is 1. The summed E-state index contributed by atoms with van der Waals surface area (Å²) in [6, 6.07) is 4.46. The molecule has 8 heteroatoms. The highest BCUT2D eigenvalue weighted by molar-refractivity contribution is 7.07. The molecule has 3 heterocycles. The zero-order valence-corrected chi connectivity index (χ0v) is 18.8. The Morgan fingerprint density at radius 3 is 2.94 bits per heavy atom. The third-order valence-electron chi connectivity index (χ3n) is 6.22. The number of hydrogen-bond acceptors (Lipinski definition) is 6. The Kier molecular flexibility index (Phi) is 7.53. The summed E-state index contributed by atoms with van der Waals surface area (Å²) in [4.78, 5) is 21.9. The molecule has 0 radical (unpaired) electrons. The van der Waals surface area contributed by atoms with Crippen LogP contribution in [0.1, 0.15) is 48.2 Å². The molecule has 1 saturated heterocycles. The highest BCUT2D eigenvalue weighted by Gasteiger charge is 2.34. The molecule has 0 aliphatic carbocycles. The number of nitrogens with zero attached hydrogens (tertiary/aromatic N) is 3. The van der Waals surface area contributed by atoms with Crippen molar-refractivity contribution < 1.29 is 18.7 Å². The summed E-state index contributed by atoms with van der Waals surface area (Å²) in [6.45, 7) is 3.39. The minimum Gasteiger partial charge on any atom is -0.489 e. The number of fused-ring (bicyclic) bond motifs is 3. The van der Waals surface area contributed by atoms with Gasteiger partial charge >= 0.3 is 0 Å². The number of ether oxygens (including phenoxy) is 2. The van der Waals surface area contributed by atoms with Gasteiger partial charge in [-0.05, 0) is 50.4 Å². The molecule has 0 unspecified atom stereocenters. The van der Waals surface area contributed by atoms with Crippen molar-refractivity contribution in [2.75, 3.05) is 33.4 Å². The van der Waals surface area contributed by atoms with Crippen LogP contribution >= 0.6 is 11.3 Å². The van der Waals surface area contributed by atoms with Gasteiger partial charge in [-0.1, -0.05) is 6.42 Å².